The maximum absolute atomic E-state index is 13.5. The lowest BCUT2D eigenvalue weighted by molar-refractivity contribution is -0.132. The number of hydrogen-bond acceptors (Lipinski definition) is 9. The number of unbranched alkanes of at least 4 members (excludes halogenated alkanes) is 2. The molecule has 0 radical (unpaired) electrons. The highest BCUT2D eigenvalue weighted by molar-refractivity contribution is 8.14. The van der Waals surface area contributed by atoms with E-state index in [9.17, 15) is 24.0 Å². The molecular formula is C32H49N3O7S2. The van der Waals surface area contributed by atoms with Crippen molar-refractivity contribution in [3.05, 3.63) is 35.9 Å². The van der Waals surface area contributed by atoms with E-state index in [-0.39, 0.29) is 23.2 Å². The number of alkyl carbamates (subject to hydrolysis) is 2. The number of nitrogens with one attached hydrogen (secondary N) is 2. The SMILES string of the molecule is CC(=O)S[C@H](C(=O)CCCCC[C@H](NC(=O)OC(C)(C)C)C(=O)N1CCSC1)[C@@H](Cc1ccccc1)NC(=O)OC(C)(C)C. The fourth-order valence-corrected chi connectivity index (χ4v) is 6.48. The van der Waals surface area contributed by atoms with Crippen LogP contribution in [0.1, 0.15) is 86.1 Å². The lowest BCUT2D eigenvalue weighted by Crippen LogP contribution is -2.49. The molecule has 12 heteroatoms. The number of carbonyl (C=O) groups is 5. The zero-order chi connectivity index (χ0) is 32.9. The summed E-state index contributed by atoms with van der Waals surface area (Å²) in [6.07, 6.45) is 1.46. The predicted octanol–water partition coefficient (Wildman–Crippen LogP) is 5.72. The van der Waals surface area contributed by atoms with Crippen molar-refractivity contribution in [3.63, 3.8) is 0 Å². The number of nitrogens with zero attached hydrogens (tertiary/aromatic N) is 1. The first kappa shape index (κ1) is 37.5. The first-order chi connectivity index (χ1) is 20.5. The van der Waals surface area contributed by atoms with E-state index in [1.165, 1.54) is 6.92 Å². The van der Waals surface area contributed by atoms with Gasteiger partial charge >= 0.3 is 12.2 Å². The van der Waals surface area contributed by atoms with Crippen LogP contribution in [-0.2, 0) is 30.3 Å². The Morgan fingerprint density at radius 2 is 1.52 bits per heavy atom. The summed E-state index contributed by atoms with van der Waals surface area (Å²) in [5.41, 5.74) is -0.493. The van der Waals surface area contributed by atoms with E-state index in [2.05, 4.69) is 10.6 Å². The molecule has 0 aliphatic carbocycles. The molecule has 2 rings (SSSR count). The predicted molar refractivity (Wildman–Crippen MR) is 176 cm³/mol. The Balaban J connectivity index is 2.04. The van der Waals surface area contributed by atoms with Crippen LogP contribution in [-0.4, -0.2) is 80.6 Å². The molecule has 1 aromatic carbocycles. The summed E-state index contributed by atoms with van der Waals surface area (Å²) in [6, 6.07) is 8.10. The Morgan fingerprint density at radius 3 is 2.07 bits per heavy atom. The Labute approximate surface area is 270 Å². The number of ether oxygens (including phenoxy) is 2. The van der Waals surface area contributed by atoms with Crippen molar-refractivity contribution >= 4 is 52.5 Å². The molecule has 0 saturated carbocycles. The molecule has 1 aliphatic heterocycles. The number of amides is 3. The summed E-state index contributed by atoms with van der Waals surface area (Å²) in [6.45, 7) is 12.6. The van der Waals surface area contributed by atoms with Gasteiger partial charge in [-0.3, -0.25) is 14.4 Å². The van der Waals surface area contributed by atoms with Crippen molar-refractivity contribution < 1.29 is 33.4 Å². The second kappa shape index (κ2) is 17.7. The maximum atomic E-state index is 13.5. The summed E-state index contributed by atoms with van der Waals surface area (Å²) in [5.74, 6) is 1.18. The second-order valence-electron chi connectivity index (χ2n) is 12.9. The molecule has 44 heavy (non-hydrogen) atoms. The van der Waals surface area contributed by atoms with Crippen molar-refractivity contribution in [3.8, 4) is 0 Å². The number of carbonyl (C=O) groups excluding carboxylic acids is 5. The largest absolute Gasteiger partial charge is 0.444 e. The van der Waals surface area contributed by atoms with Crippen LogP contribution in [0.2, 0.25) is 0 Å². The zero-order valence-corrected chi connectivity index (χ0v) is 28.7. The molecular weight excluding hydrogens is 603 g/mol. The van der Waals surface area contributed by atoms with Crippen LogP contribution in [0.4, 0.5) is 9.59 Å². The van der Waals surface area contributed by atoms with Gasteiger partial charge < -0.3 is 25.0 Å². The van der Waals surface area contributed by atoms with Gasteiger partial charge in [-0.2, -0.15) is 0 Å². The van der Waals surface area contributed by atoms with Crippen LogP contribution < -0.4 is 10.6 Å². The van der Waals surface area contributed by atoms with E-state index in [1.54, 1.807) is 58.2 Å². The Morgan fingerprint density at radius 1 is 0.909 bits per heavy atom. The van der Waals surface area contributed by atoms with E-state index in [0.717, 1.165) is 23.1 Å². The highest BCUT2D eigenvalue weighted by Gasteiger charge is 2.33. The van der Waals surface area contributed by atoms with E-state index < -0.39 is 40.7 Å². The third kappa shape index (κ3) is 14.8. The van der Waals surface area contributed by atoms with Crippen LogP contribution in [0.3, 0.4) is 0 Å². The Kier molecular flexibility index (Phi) is 15.0. The first-order valence-electron chi connectivity index (χ1n) is 15.1. The minimum Gasteiger partial charge on any atom is -0.444 e. The summed E-state index contributed by atoms with van der Waals surface area (Å²) in [4.78, 5) is 65.8. The molecule has 1 fully saturated rings. The van der Waals surface area contributed by atoms with Crippen molar-refractivity contribution in [1.82, 2.24) is 15.5 Å². The molecule has 0 spiro atoms. The molecule has 1 heterocycles. The van der Waals surface area contributed by atoms with Crippen LogP contribution in [0.15, 0.2) is 30.3 Å². The highest BCUT2D eigenvalue weighted by Crippen LogP contribution is 2.24. The van der Waals surface area contributed by atoms with Gasteiger partial charge in [0.15, 0.2) is 5.12 Å². The van der Waals surface area contributed by atoms with Gasteiger partial charge in [0.05, 0.1) is 17.2 Å². The van der Waals surface area contributed by atoms with Gasteiger partial charge in [-0.15, -0.1) is 11.8 Å². The quantitative estimate of drug-likeness (QED) is 0.243. The second-order valence-corrected chi connectivity index (χ2v) is 15.3. The van der Waals surface area contributed by atoms with Crippen LogP contribution >= 0.6 is 23.5 Å². The number of ketones is 1. The fraction of sp³-hybridized carbons (Fsp3) is 0.656. The topological polar surface area (TPSA) is 131 Å². The van der Waals surface area contributed by atoms with Crippen LogP contribution in [0.5, 0.6) is 0 Å². The third-order valence-electron chi connectivity index (χ3n) is 6.45. The fourth-order valence-electron chi connectivity index (χ4n) is 4.59. The summed E-state index contributed by atoms with van der Waals surface area (Å²) >= 11 is 2.59. The van der Waals surface area contributed by atoms with E-state index in [0.29, 0.717) is 44.5 Å². The molecule has 0 bridgehead atoms. The minimum atomic E-state index is -0.795. The standard InChI is InChI=1S/C32H49N3O7S2/c1-22(36)44-27(25(20-23-14-10-8-11-15-23)34-30(40)42-32(5,6)7)26(37)17-13-9-12-16-24(28(38)35-18-19-43-21-35)33-29(39)41-31(2,3)4/h8,10-11,14-15,24-25,27H,9,12-13,16-21H2,1-7H3,(H,33,39)(H,34,40)/t24-,25+,27-/m0/s1. The normalized spacial score (nSPS) is 15.6. The van der Waals surface area contributed by atoms with Crippen molar-refractivity contribution in [2.45, 2.75) is 116 Å². The first-order valence-corrected chi connectivity index (χ1v) is 17.2. The number of Topliss-reactive ketones (excluding diaryl/α,β-unsaturated/α-hetero) is 1. The third-order valence-corrected chi connectivity index (χ3v) is 8.59. The molecule has 10 nitrogen and oxygen atoms in total. The van der Waals surface area contributed by atoms with Gasteiger partial charge in [-0.25, -0.2) is 9.59 Å². The van der Waals surface area contributed by atoms with Crippen molar-refractivity contribution in [1.29, 1.82) is 0 Å². The highest BCUT2D eigenvalue weighted by atomic mass is 32.2. The number of rotatable bonds is 14. The van der Waals surface area contributed by atoms with Gasteiger partial charge in [0, 0.05) is 25.6 Å². The van der Waals surface area contributed by atoms with Gasteiger partial charge in [-0.05, 0) is 66.4 Å². The average Bonchev–Trinajstić information content (AvgIpc) is 3.43. The van der Waals surface area contributed by atoms with E-state index in [4.69, 9.17) is 9.47 Å². The number of hydrogen-bond donors (Lipinski definition) is 2. The Bertz CT molecular complexity index is 1110. The molecule has 1 aromatic rings. The number of thioether (sulfide) groups is 2. The molecule has 1 saturated heterocycles. The number of benzene rings is 1. The summed E-state index contributed by atoms with van der Waals surface area (Å²) in [5, 5.41) is 4.57. The van der Waals surface area contributed by atoms with Gasteiger partial charge in [0.2, 0.25) is 5.91 Å². The molecule has 246 valence electrons. The van der Waals surface area contributed by atoms with E-state index >= 15 is 0 Å². The molecule has 3 atom stereocenters. The Hall–Kier alpha value is -2.73. The van der Waals surface area contributed by atoms with Crippen LogP contribution in [0.25, 0.3) is 0 Å². The summed E-state index contributed by atoms with van der Waals surface area (Å²) < 4.78 is 10.8. The van der Waals surface area contributed by atoms with Crippen molar-refractivity contribution in [2.75, 3.05) is 18.2 Å². The van der Waals surface area contributed by atoms with Gasteiger partial charge in [0.1, 0.15) is 23.0 Å². The molecule has 3 amide bonds. The molecule has 1 aliphatic rings. The summed E-state index contributed by atoms with van der Waals surface area (Å²) in [7, 11) is 0. The van der Waals surface area contributed by atoms with Crippen LogP contribution in [0, 0.1) is 0 Å². The molecule has 0 unspecified atom stereocenters. The molecule has 0 aromatic heterocycles. The minimum absolute atomic E-state index is 0.133. The lowest BCUT2D eigenvalue weighted by atomic mass is 9.97. The monoisotopic (exact) mass is 651 g/mol. The van der Waals surface area contributed by atoms with E-state index in [1.807, 2.05) is 30.3 Å². The lowest BCUT2D eigenvalue weighted by Gasteiger charge is -2.28. The van der Waals surface area contributed by atoms with Gasteiger partial charge in [-0.1, -0.05) is 54.9 Å². The van der Waals surface area contributed by atoms with Gasteiger partial charge in [0.25, 0.3) is 0 Å². The molecule has 2 N–H and O–H groups in total. The average molecular weight is 652 g/mol. The maximum Gasteiger partial charge on any atom is 0.408 e. The zero-order valence-electron chi connectivity index (χ0n) is 27.1. The smallest absolute Gasteiger partial charge is 0.408 e. The van der Waals surface area contributed by atoms with Crippen molar-refractivity contribution in [2.24, 2.45) is 0 Å².